The Kier molecular flexibility index (Phi) is 8.42. The van der Waals surface area contributed by atoms with Crippen LogP contribution in [0.25, 0.3) is 0 Å². The van der Waals surface area contributed by atoms with Gasteiger partial charge < -0.3 is 15.6 Å². The largest absolute Gasteiger partial charge is 0.352 e. The van der Waals surface area contributed by atoms with Gasteiger partial charge in [-0.25, -0.2) is 0 Å². The summed E-state index contributed by atoms with van der Waals surface area (Å²) in [6.45, 7) is 2.31. The first kappa shape index (κ1) is 18.9. The molecule has 0 bridgehead atoms. The molecule has 0 aliphatic heterocycles. The summed E-state index contributed by atoms with van der Waals surface area (Å²) in [6.07, 6.45) is 8.03. The zero-order valence-corrected chi connectivity index (χ0v) is 14.0. The molecule has 0 spiro atoms. The highest BCUT2D eigenvalue weighted by Crippen LogP contribution is 2.26. The third-order valence-corrected chi connectivity index (χ3v) is 4.18. The second-order valence-electron chi connectivity index (χ2n) is 5.90. The van der Waals surface area contributed by atoms with Crippen LogP contribution in [0.3, 0.4) is 0 Å². The van der Waals surface area contributed by atoms with E-state index >= 15 is 0 Å². The van der Waals surface area contributed by atoms with E-state index in [1.54, 1.807) is 6.92 Å². The van der Waals surface area contributed by atoms with Crippen LogP contribution in [0.5, 0.6) is 0 Å². The predicted octanol–water partition coefficient (Wildman–Crippen LogP) is 2.15. The fourth-order valence-electron chi connectivity index (χ4n) is 3.03. The van der Waals surface area contributed by atoms with Crippen molar-refractivity contribution in [2.45, 2.75) is 64.3 Å². The van der Waals surface area contributed by atoms with Crippen molar-refractivity contribution in [3.05, 3.63) is 11.7 Å². The molecular formula is C15H27ClN4O2. The third kappa shape index (κ3) is 5.93. The Morgan fingerprint density at radius 3 is 2.73 bits per heavy atom. The molecule has 1 aliphatic carbocycles. The maximum Gasteiger partial charge on any atom is 0.226 e. The van der Waals surface area contributed by atoms with Crippen LogP contribution in [0.2, 0.25) is 0 Å². The molecule has 0 radical (unpaired) electrons. The van der Waals surface area contributed by atoms with Crippen molar-refractivity contribution < 1.29 is 9.32 Å². The molecule has 0 saturated heterocycles. The van der Waals surface area contributed by atoms with Crippen molar-refractivity contribution in [3.8, 4) is 0 Å². The van der Waals surface area contributed by atoms with Gasteiger partial charge in [-0.05, 0) is 32.1 Å². The van der Waals surface area contributed by atoms with E-state index in [4.69, 9.17) is 10.3 Å². The van der Waals surface area contributed by atoms with Gasteiger partial charge in [-0.15, -0.1) is 12.4 Å². The van der Waals surface area contributed by atoms with Gasteiger partial charge in [-0.1, -0.05) is 24.4 Å². The number of halogens is 1. The Hall–Kier alpha value is -1.14. The molecule has 0 aromatic carbocycles. The van der Waals surface area contributed by atoms with E-state index in [9.17, 15) is 4.79 Å². The van der Waals surface area contributed by atoms with E-state index in [1.165, 1.54) is 32.1 Å². The van der Waals surface area contributed by atoms with E-state index in [-0.39, 0.29) is 24.4 Å². The van der Waals surface area contributed by atoms with Gasteiger partial charge in [-0.3, -0.25) is 4.79 Å². The van der Waals surface area contributed by atoms with Gasteiger partial charge in [0.1, 0.15) is 0 Å². The highest BCUT2D eigenvalue weighted by atomic mass is 35.5. The lowest BCUT2D eigenvalue weighted by atomic mass is 9.84. The normalized spacial score (nSPS) is 16.8. The quantitative estimate of drug-likeness (QED) is 0.798. The average molecular weight is 331 g/mol. The van der Waals surface area contributed by atoms with Gasteiger partial charge in [0.2, 0.25) is 11.8 Å². The van der Waals surface area contributed by atoms with Crippen molar-refractivity contribution >= 4 is 18.3 Å². The van der Waals surface area contributed by atoms with Crippen LogP contribution < -0.4 is 11.1 Å². The summed E-state index contributed by atoms with van der Waals surface area (Å²) in [5.41, 5.74) is 5.83. The van der Waals surface area contributed by atoms with Gasteiger partial charge in [0.15, 0.2) is 5.82 Å². The molecule has 1 aliphatic rings. The minimum absolute atomic E-state index is 0. The van der Waals surface area contributed by atoms with Crippen molar-refractivity contribution in [2.75, 3.05) is 6.54 Å². The number of hydrogen-bond donors (Lipinski definition) is 2. The highest BCUT2D eigenvalue weighted by Gasteiger charge is 2.23. The predicted molar refractivity (Wildman–Crippen MR) is 86.8 cm³/mol. The smallest absolute Gasteiger partial charge is 0.226 e. The number of nitrogens with zero attached hydrogens (tertiary/aromatic N) is 2. The summed E-state index contributed by atoms with van der Waals surface area (Å²) in [5.74, 6) is 1.86. The first-order chi connectivity index (χ1) is 10.2. The molecule has 1 aromatic rings. The molecule has 1 fully saturated rings. The summed E-state index contributed by atoms with van der Waals surface area (Å²) in [7, 11) is 0. The fourth-order valence-corrected chi connectivity index (χ4v) is 3.03. The summed E-state index contributed by atoms with van der Waals surface area (Å²) in [6, 6.07) is 0.128. The lowest BCUT2D eigenvalue weighted by Gasteiger charge is -2.30. The maximum atomic E-state index is 12.0. The van der Waals surface area contributed by atoms with Crippen LogP contribution in [0.15, 0.2) is 4.52 Å². The van der Waals surface area contributed by atoms with Crippen LogP contribution in [-0.2, 0) is 11.2 Å². The molecule has 1 heterocycles. The van der Waals surface area contributed by atoms with E-state index in [0.29, 0.717) is 37.0 Å². The number of carbonyl (C=O) groups excluding carboxylic acids is 1. The van der Waals surface area contributed by atoms with Crippen LogP contribution in [0.1, 0.15) is 56.7 Å². The molecule has 1 amide bonds. The van der Waals surface area contributed by atoms with Crippen molar-refractivity contribution in [2.24, 2.45) is 11.7 Å². The van der Waals surface area contributed by atoms with E-state index in [2.05, 4.69) is 15.5 Å². The molecule has 1 atom stereocenters. The summed E-state index contributed by atoms with van der Waals surface area (Å²) < 4.78 is 5.03. The van der Waals surface area contributed by atoms with Crippen molar-refractivity contribution in [1.82, 2.24) is 15.5 Å². The van der Waals surface area contributed by atoms with E-state index in [0.717, 1.165) is 6.42 Å². The highest BCUT2D eigenvalue weighted by molar-refractivity contribution is 5.85. The minimum atomic E-state index is 0. The second kappa shape index (κ2) is 9.79. The first-order valence-electron chi connectivity index (χ1n) is 7.97. The van der Waals surface area contributed by atoms with E-state index in [1.807, 2.05) is 0 Å². The Balaban J connectivity index is 0.00000242. The van der Waals surface area contributed by atoms with Crippen LogP contribution in [-0.4, -0.2) is 28.6 Å². The third-order valence-electron chi connectivity index (χ3n) is 4.18. The average Bonchev–Trinajstić information content (AvgIpc) is 2.91. The molecule has 2 rings (SSSR count). The van der Waals surface area contributed by atoms with Gasteiger partial charge in [0.25, 0.3) is 0 Å². The Morgan fingerprint density at radius 2 is 2.14 bits per heavy atom. The number of aryl methyl sites for hydroxylation is 2. The van der Waals surface area contributed by atoms with E-state index < -0.39 is 0 Å². The number of hydrogen-bond acceptors (Lipinski definition) is 5. The van der Waals surface area contributed by atoms with Gasteiger partial charge >= 0.3 is 0 Å². The second-order valence-corrected chi connectivity index (χ2v) is 5.90. The Morgan fingerprint density at radius 1 is 1.41 bits per heavy atom. The summed E-state index contributed by atoms with van der Waals surface area (Å²) >= 11 is 0. The number of nitrogens with one attached hydrogen (secondary N) is 1. The Labute approximate surface area is 138 Å². The fraction of sp³-hybridized carbons (Fsp3) is 0.800. The standard InChI is InChI=1S/C15H26N4O2.ClH/c1-11-17-15(21-19-11)9-5-8-14(20)18-13(10-16)12-6-3-2-4-7-12;/h12-13H,2-10,16H2,1H3,(H,18,20);1H. The Bertz CT molecular complexity index is 447. The van der Waals surface area contributed by atoms with Gasteiger partial charge in [-0.2, -0.15) is 4.98 Å². The topological polar surface area (TPSA) is 94.0 Å². The lowest BCUT2D eigenvalue weighted by Crippen LogP contribution is -2.45. The lowest BCUT2D eigenvalue weighted by molar-refractivity contribution is -0.122. The molecule has 1 aromatic heterocycles. The minimum Gasteiger partial charge on any atom is -0.352 e. The zero-order chi connectivity index (χ0) is 15.1. The molecular weight excluding hydrogens is 304 g/mol. The van der Waals surface area contributed by atoms with Crippen LogP contribution in [0, 0.1) is 12.8 Å². The molecule has 1 unspecified atom stereocenters. The molecule has 6 nitrogen and oxygen atoms in total. The summed E-state index contributed by atoms with van der Waals surface area (Å²) in [4.78, 5) is 16.1. The molecule has 1 saturated carbocycles. The number of rotatable bonds is 7. The molecule has 22 heavy (non-hydrogen) atoms. The summed E-state index contributed by atoms with van der Waals surface area (Å²) in [5, 5.41) is 6.83. The van der Waals surface area contributed by atoms with Gasteiger partial charge in [0.05, 0.1) is 0 Å². The monoisotopic (exact) mass is 330 g/mol. The number of aromatic nitrogens is 2. The van der Waals surface area contributed by atoms with Crippen LogP contribution >= 0.6 is 12.4 Å². The number of carbonyl (C=O) groups is 1. The number of amides is 1. The van der Waals surface area contributed by atoms with Crippen molar-refractivity contribution in [1.29, 1.82) is 0 Å². The maximum absolute atomic E-state index is 12.0. The SMILES string of the molecule is Cc1noc(CCCC(=O)NC(CN)C2CCCCC2)n1.Cl. The molecule has 7 heteroatoms. The zero-order valence-electron chi connectivity index (χ0n) is 13.2. The molecule has 3 N–H and O–H groups in total. The first-order valence-corrected chi connectivity index (χ1v) is 7.97. The number of nitrogens with two attached hydrogens (primary N) is 1. The van der Waals surface area contributed by atoms with Crippen molar-refractivity contribution in [3.63, 3.8) is 0 Å². The van der Waals surface area contributed by atoms with Gasteiger partial charge in [0, 0.05) is 25.4 Å². The van der Waals surface area contributed by atoms with Crippen LogP contribution in [0.4, 0.5) is 0 Å². The molecule has 126 valence electrons.